The van der Waals surface area contributed by atoms with E-state index in [2.05, 4.69) is 20.0 Å². The maximum absolute atomic E-state index is 12.9. The molecule has 0 N–H and O–H groups in total. The van der Waals surface area contributed by atoms with Gasteiger partial charge in [0.05, 0.1) is 0 Å². The van der Waals surface area contributed by atoms with E-state index in [1.54, 1.807) is 6.92 Å². The fourth-order valence-corrected chi connectivity index (χ4v) is 4.12. The first kappa shape index (κ1) is 15.7. The van der Waals surface area contributed by atoms with Gasteiger partial charge in [0.25, 0.3) is 11.6 Å². The number of rotatable bonds is 1. The molecule has 2 aromatic heterocycles. The molecule has 1 saturated heterocycles. The molecule has 24 heavy (non-hydrogen) atoms. The van der Waals surface area contributed by atoms with Gasteiger partial charge in [0.15, 0.2) is 0 Å². The van der Waals surface area contributed by atoms with Crippen molar-refractivity contribution in [2.75, 3.05) is 18.0 Å². The average Bonchev–Trinajstić information content (AvgIpc) is 2.97. The van der Waals surface area contributed by atoms with E-state index in [0.29, 0.717) is 17.4 Å². The molecule has 4 rings (SSSR count). The lowest BCUT2D eigenvalue weighted by atomic mass is 9.75. The lowest BCUT2D eigenvalue weighted by molar-refractivity contribution is -0.144. The minimum absolute atomic E-state index is 0.0168. The van der Waals surface area contributed by atoms with E-state index in [9.17, 15) is 13.2 Å². The summed E-state index contributed by atoms with van der Waals surface area (Å²) in [4.78, 5) is 9.84. The third kappa shape index (κ3) is 2.71. The van der Waals surface area contributed by atoms with Crippen molar-refractivity contribution >= 4 is 11.6 Å². The van der Waals surface area contributed by atoms with Crippen molar-refractivity contribution in [2.24, 2.45) is 11.8 Å². The molecule has 2 aromatic rings. The lowest BCUT2D eigenvalue weighted by Crippen LogP contribution is -2.42. The number of aromatic nitrogens is 4. The molecule has 1 aliphatic heterocycles. The van der Waals surface area contributed by atoms with Crippen molar-refractivity contribution in [3.63, 3.8) is 0 Å². The molecule has 0 amide bonds. The summed E-state index contributed by atoms with van der Waals surface area (Å²) in [5, 5.41) is 3.68. The summed E-state index contributed by atoms with van der Waals surface area (Å²) in [5.74, 6) is 0.943. The van der Waals surface area contributed by atoms with E-state index < -0.39 is 12.0 Å². The van der Waals surface area contributed by atoms with Gasteiger partial charge in [-0.15, -0.1) is 5.10 Å². The summed E-state index contributed by atoms with van der Waals surface area (Å²) in [7, 11) is 0. The van der Waals surface area contributed by atoms with E-state index in [1.807, 2.05) is 6.07 Å². The molecule has 2 unspecified atom stereocenters. The van der Waals surface area contributed by atoms with Crippen LogP contribution in [0.1, 0.15) is 43.6 Å². The second-order valence-corrected chi connectivity index (χ2v) is 6.94. The first-order chi connectivity index (χ1) is 11.4. The zero-order valence-electron chi connectivity index (χ0n) is 13.6. The Bertz CT molecular complexity index is 754. The van der Waals surface area contributed by atoms with Gasteiger partial charge in [-0.25, -0.2) is 4.98 Å². The van der Waals surface area contributed by atoms with Gasteiger partial charge in [-0.3, -0.25) is 0 Å². The molecule has 1 aliphatic carbocycles. The maximum Gasteiger partial charge on any atom is 0.453 e. The van der Waals surface area contributed by atoms with E-state index in [0.717, 1.165) is 25.4 Å². The Balaban J connectivity index is 1.71. The summed E-state index contributed by atoms with van der Waals surface area (Å²) < 4.78 is 40.1. The minimum Gasteiger partial charge on any atom is -0.356 e. The number of alkyl halides is 3. The zero-order valence-corrected chi connectivity index (χ0v) is 13.6. The van der Waals surface area contributed by atoms with E-state index in [-0.39, 0.29) is 5.78 Å². The molecule has 8 heteroatoms. The molecule has 0 aromatic carbocycles. The zero-order chi connectivity index (χ0) is 16.9. The highest BCUT2D eigenvalue weighted by Gasteiger charge is 2.37. The topological polar surface area (TPSA) is 46.3 Å². The van der Waals surface area contributed by atoms with Crippen molar-refractivity contribution in [3.8, 4) is 0 Å². The number of aryl methyl sites for hydroxylation is 1. The summed E-state index contributed by atoms with van der Waals surface area (Å²) in [5.41, 5.74) is 0.657. The molecular formula is C16H20F3N5. The van der Waals surface area contributed by atoms with Gasteiger partial charge in [-0.2, -0.15) is 22.7 Å². The lowest BCUT2D eigenvalue weighted by Gasteiger charge is -2.42. The second-order valence-electron chi connectivity index (χ2n) is 6.94. The number of hydrogen-bond acceptors (Lipinski definition) is 4. The first-order valence-corrected chi connectivity index (χ1v) is 8.48. The second kappa shape index (κ2) is 5.60. The first-order valence-electron chi connectivity index (χ1n) is 8.48. The summed E-state index contributed by atoms with van der Waals surface area (Å²) in [6.07, 6.45) is 1.58. The minimum atomic E-state index is -4.56. The van der Waals surface area contributed by atoms with Crippen LogP contribution in [0, 0.1) is 18.8 Å². The Kier molecular flexibility index (Phi) is 3.65. The Labute approximate surface area is 137 Å². The highest BCUT2D eigenvalue weighted by molar-refractivity contribution is 5.48. The van der Waals surface area contributed by atoms with Crippen LogP contribution >= 0.6 is 0 Å². The molecule has 0 spiro atoms. The maximum atomic E-state index is 12.9. The summed E-state index contributed by atoms with van der Waals surface area (Å²) in [6.45, 7) is 3.50. The number of hydrogen-bond donors (Lipinski definition) is 0. The van der Waals surface area contributed by atoms with Crippen molar-refractivity contribution in [3.05, 3.63) is 17.6 Å². The largest absolute Gasteiger partial charge is 0.453 e. The molecule has 3 heterocycles. The standard InChI is InChI=1S/C16H20F3N5/c1-10-8-13(23-7-6-11-4-2-3-5-12(11)9-23)24-15(20-10)21-14(22-24)16(17,18)19/h8,11-12H,2-7,9H2,1H3. The third-order valence-electron chi connectivity index (χ3n) is 5.29. The van der Waals surface area contributed by atoms with Crippen molar-refractivity contribution in [1.82, 2.24) is 19.6 Å². The summed E-state index contributed by atoms with van der Waals surface area (Å²) in [6, 6.07) is 1.81. The quantitative estimate of drug-likeness (QED) is 0.798. The normalized spacial score (nSPS) is 25.1. The molecule has 130 valence electrons. The highest BCUT2D eigenvalue weighted by atomic mass is 19.4. The Morgan fingerprint density at radius 3 is 2.58 bits per heavy atom. The fraction of sp³-hybridized carbons (Fsp3) is 0.688. The van der Waals surface area contributed by atoms with Crippen LogP contribution in [-0.2, 0) is 6.18 Å². The molecule has 5 nitrogen and oxygen atoms in total. The van der Waals surface area contributed by atoms with Crippen LogP contribution in [0.15, 0.2) is 6.07 Å². The molecule has 0 radical (unpaired) electrons. The van der Waals surface area contributed by atoms with Crippen molar-refractivity contribution in [2.45, 2.75) is 45.2 Å². The molecule has 2 atom stereocenters. The van der Waals surface area contributed by atoms with Crippen molar-refractivity contribution < 1.29 is 13.2 Å². The fourth-order valence-electron chi connectivity index (χ4n) is 4.12. The van der Waals surface area contributed by atoms with Crippen LogP contribution in [-0.4, -0.2) is 32.7 Å². The average molecular weight is 339 g/mol. The van der Waals surface area contributed by atoms with E-state index in [1.165, 1.54) is 30.2 Å². The monoisotopic (exact) mass is 339 g/mol. The third-order valence-corrected chi connectivity index (χ3v) is 5.29. The Morgan fingerprint density at radius 2 is 1.83 bits per heavy atom. The number of halogens is 3. The molecule has 2 fully saturated rings. The summed E-state index contributed by atoms with van der Waals surface area (Å²) >= 11 is 0. The Hall–Kier alpha value is -1.86. The van der Waals surface area contributed by atoms with Gasteiger partial charge in [0.1, 0.15) is 5.82 Å². The van der Waals surface area contributed by atoms with Crippen LogP contribution in [0.3, 0.4) is 0 Å². The Morgan fingerprint density at radius 1 is 1.08 bits per heavy atom. The van der Waals surface area contributed by atoms with Gasteiger partial charge in [-0.1, -0.05) is 19.3 Å². The van der Waals surface area contributed by atoms with Gasteiger partial charge in [0, 0.05) is 24.8 Å². The van der Waals surface area contributed by atoms with Gasteiger partial charge < -0.3 is 4.90 Å². The van der Waals surface area contributed by atoms with Gasteiger partial charge in [-0.05, 0) is 31.6 Å². The number of nitrogens with zero attached hydrogens (tertiary/aromatic N) is 5. The molecular weight excluding hydrogens is 319 g/mol. The van der Waals surface area contributed by atoms with Gasteiger partial charge in [0.2, 0.25) is 0 Å². The SMILES string of the molecule is Cc1cc(N2CCC3CCCCC3C2)n2nc(C(F)(F)F)nc2n1. The highest BCUT2D eigenvalue weighted by Crippen LogP contribution is 2.37. The van der Waals surface area contributed by atoms with Crippen LogP contribution < -0.4 is 4.90 Å². The molecule has 1 saturated carbocycles. The molecule has 2 aliphatic rings. The predicted molar refractivity (Wildman–Crippen MR) is 82.8 cm³/mol. The molecule has 0 bridgehead atoms. The predicted octanol–water partition coefficient (Wildman–Crippen LogP) is 3.47. The number of fused-ring (bicyclic) bond motifs is 2. The van der Waals surface area contributed by atoms with Crippen LogP contribution in [0.4, 0.5) is 19.0 Å². The van der Waals surface area contributed by atoms with Crippen LogP contribution in [0.25, 0.3) is 5.78 Å². The number of piperidine rings is 1. The number of anilines is 1. The van der Waals surface area contributed by atoms with E-state index in [4.69, 9.17) is 0 Å². The smallest absolute Gasteiger partial charge is 0.356 e. The van der Waals surface area contributed by atoms with E-state index >= 15 is 0 Å². The van der Waals surface area contributed by atoms with Gasteiger partial charge >= 0.3 is 6.18 Å². The van der Waals surface area contributed by atoms with Crippen molar-refractivity contribution in [1.29, 1.82) is 0 Å². The van der Waals surface area contributed by atoms with Crippen LogP contribution in [0.2, 0.25) is 0 Å². The van der Waals surface area contributed by atoms with Crippen LogP contribution in [0.5, 0.6) is 0 Å².